The van der Waals surface area contributed by atoms with E-state index >= 15 is 0 Å². The summed E-state index contributed by atoms with van der Waals surface area (Å²) >= 11 is 0. The van der Waals surface area contributed by atoms with Crippen LogP contribution in [0, 0.1) is 11.8 Å². The Labute approximate surface area is 182 Å². The zero-order valence-corrected chi connectivity index (χ0v) is 19.7. The number of rotatable bonds is 3. The van der Waals surface area contributed by atoms with Crippen LogP contribution in [0.2, 0.25) is 0 Å². The molecule has 1 saturated carbocycles. The van der Waals surface area contributed by atoms with Gasteiger partial charge in [-0.25, -0.2) is 0 Å². The molecule has 0 spiro atoms. The van der Waals surface area contributed by atoms with E-state index in [4.69, 9.17) is 0 Å². The molecule has 0 radical (unpaired) electrons. The molecule has 3 aromatic rings. The summed E-state index contributed by atoms with van der Waals surface area (Å²) in [5, 5.41) is 5.24. The van der Waals surface area contributed by atoms with Crippen molar-refractivity contribution in [3.05, 3.63) is 84.4 Å². The first kappa shape index (κ1) is 20.2. The Morgan fingerprint density at radius 1 is 0.800 bits per heavy atom. The summed E-state index contributed by atoms with van der Waals surface area (Å²) in [5.41, 5.74) is 1.75. The van der Waals surface area contributed by atoms with Crippen LogP contribution in [0.5, 0.6) is 0 Å². The standard InChI is InChI=1S/C27H30OP2/c1-19-16-17-23-20(2)24-14-9-15-25(27(24)30(28)26(23)18-19)29(21-10-5-3-6-11-21)22-12-7-4-8-13-22/h3-15,19-20,23,26,30H,16-18H2,1-2H3/t19-,20?,23+,26-/m1/s1. The van der Waals surface area contributed by atoms with E-state index in [1.54, 1.807) is 0 Å². The minimum absolute atomic E-state index is 0.380. The third-order valence-corrected chi connectivity index (χ3v) is 12.3. The molecule has 30 heavy (non-hydrogen) atoms. The molecular formula is C27H30OP2. The van der Waals surface area contributed by atoms with Gasteiger partial charge in [-0.05, 0) is 60.0 Å². The maximum Gasteiger partial charge on any atom is 0.108 e. The number of hydrogen-bond donors (Lipinski definition) is 0. The van der Waals surface area contributed by atoms with Gasteiger partial charge < -0.3 is 4.57 Å². The monoisotopic (exact) mass is 432 g/mol. The topological polar surface area (TPSA) is 17.1 Å². The molecule has 1 aliphatic heterocycles. The Balaban J connectivity index is 1.70. The minimum atomic E-state index is -1.84. The Morgan fingerprint density at radius 3 is 2.07 bits per heavy atom. The zero-order valence-electron chi connectivity index (χ0n) is 17.8. The van der Waals surface area contributed by atoms with Crippen molar-refractivity contribution in [2.24, 2.45) is 11.8 Å². The molecule has 1 heterocycles. The van der Waals surface area contributed by atoms with Gasteiger partial charge in [-0.3, -0.25) is 0 Å². The van der Waals surface area contributed by atoms with Gasteiger partial charge in [0.05, 0.1) is 0 Å². The fourth-order valence-corrected chi connectivity index (χ4v) is 11.5. The molecule has 5 atom stereocenters. The molecule has 0 bridgehead atoms. The highest BCUT2D eigenvalue weighted by Crippen LogP contribution is 2.53. The molecule has 0 aromatic heterocycles. The highest BCUT2D eigenvalue weighted by molar-refractivity contribution is 7.81. The van der Waals surface area contributed by atoms with Crippen LogP contribution in [-0.4, -0.2) is 5.66 Å². The van der Waals surface area contributed by atoms with Gasteiger partial charge in [-0.1, -0.05) is 99.1 Å². The number of fused-ring (bicyclic) bond motifs is 2. The van der Waals surface area contributed by atoms with Crippen LogP contribution in [0.15, 0.2) is 78.9 Å². The molecule has 154 valence electrons. The molecular weight excluding hydrogens is 402 g/mol. The lowest BCUT2D eigenvalue weighted by Gasteiger charge is -2.43. The molecule has 2 aliphatic rings. The average molecular weight is 432 g/mol. The van der Waals surface area contributed by atoms with Crippen molar-refractivity contribution in [1.29, 1.82) is 0 Å². The highest BCUT2D eigenvalue weighted by Gasteiger charge is 2.43. The van der Waals surface area contributed by atoms with Gasteiger partial charge >= 0.3 is 0 Å². The van der Waals surface area contributed by atoms with E-state index in [1.165, 1.54) is 39.6 Å². The molecule has 5 rings (SSSR count). The van der Waals surface area contributed by atoms with Crippen molar-refractivity contribution in [2.45, 2.75) is 44.7 Å². The Morgan fingerprint density at radius 2 is 1.43 bits per heavy atom. The first-order valence-electron chi connectivity index (χ1n) is 11.2. The van der Waals surface area contributed by atoms with Crippen LogP contribution in [0.25, 0.3) is 0 Å². The third-order valence-electron chi connectivity index (χ3n) is 7.23. The van der Waals surface area contributed by atoms with Crippen LogP contribution in [-0.2, 0) is 4.57 Å². The molecule has 1 fully saturated rings. The van der Waals surface area contributed by atoms with Crippen LogP contribution >= 0.6 is 15.7 Å². The van der Waals surface area contributed by atoms with E-state index in [-0.39, 0.29) is 0 Å². The van der Waals surface area contributed by atoms with Crippen molar-refractivity contribution >= 4 is 36.9 Å². The lowest BCUT2D eigenvalue weighted by atomic mass is 9.74. The van der Waals surface area contributed by atoms with Crippen molar-refractivity contribution in [2.75, 3.05) is 0 Å². The first-order chi connectivity index (χ1) is 14.6. The predicted molar refractivity (Wildman–Crippen MR) is 132 cm³/mol. The molecule has 1 aliphatic carbocycles. The second-order valence-corrected chi connectivity index (χ2v) is 13.2. The molecule has 3 aromatic carbocycles. The summed E-state index contributed by atoms with van der Waals surface area (Å²) in [6.07, 6.45) is 3.66. The Hall–Kier alpha value is -1.68. The second kappa shape index (κ2) is 8.45. The lowest BCUT2D eigenvalue weighted by molar-refractivity contribution is 0.263. The molecule has 0 amide bonds. The number of benzene rings is 3. The number of hydrogen-bond acceptors (Lipinski definition) is 1. The first-order valence-corrected chi connectivity index (χ1v) is 14.0. The van der Waals surface area contributed by atoms with E-state index in [0.717, 1.165) is 6.42 Å². The Bertz CT molecular complexity index is 1010. The van der Waals surface area contributed by atoms with Gasteiger partial charge in [-0.15, -0.1) is 0 Å². The van der Waals surface area contributed by atoms with Gasteiger partial charge in [0.25, 0.3) is 0 Å². The van der Waals surface area contributed by atoms with E-state index in [1.807, 2.05) is 0 Å². The maximum atomic E-state index is 14.1. The van der Waals surface area contributed by atoms with Crippen molar-refractivity contribution in [3.8, 4) is 0 Å². The summed E-state index contributed by atoms with van der Waals surface area (Å²) in [7, 11) is -2.55. The van der Waals surface area contributed by atoms with Crippen LogP contribution in [0.1, 0.15) is 44.6 Å². The molecule has 2 unspecified atom stereocenters. The quantitative estimate of drug-likeness (QED) is 0.496. The normalized spacial score (nSPS) is 28.0. The predicted octanol–water partition coefficient (Wildman–Crippen LogP) is 5.55. The second-order valence-electron chi connectivity index (χ2n) is 9.09. The molecule has 0 saturated heterocycles. The maximum absolute atomic E-state index is 14.1. The molecule has 1 nitrogen and oxygen atoms in total. The summed E-state index contributed by atoms with van der Waals surface area (Å²) in [4.78, 5) is 0. The largest absolute Gasteiger partial charge is 0.322 e. The van der Waals surface area contributed by atoms with Crippen molar-refractivity contribution < 1.29 is 4.57 Å². The third kappa shape index (κ3) is 3.51. The average Bonchev–Trinajstić information content (AvgIpc) is 2.79. The summed E-state index contributed by atoms with van der Waals surface area (Å²) in [6.45, 7) is 4.73. The van der Waals surface area contributed by atoms with Gasteiger partial charge in [0.2, 0.25) is 0 Å². The van der Waals surface area contributed by atoms with Crippen molar-refractivity contribution in [3.63, 3.8) is 0 Å². The van der Waals surface area contributed by atoms with E-state index in [9.17, 15) is 4.57 Å². The Kier molecular flexibility index (Phi) is 5.70. The highest BCUT2D eigenvalue weighted by atomic mass is 31.1. The van der Waals surface area contributed by atoms with Gasteiger partial charge in [0.1, 0.15) is 7.80 Å². The lowest BCUT2D eigenvalue weighted by Crippen LogP contribution is -2.42. The smallest absolute Gasteiger partial charge is 0.108 e. The molecule has 3 heteroatoms. The minimum Gasteiger partial charge on any atom is -0.322 e. The molecule has 0 N–H and O–H groups in total. The van der Waals surface area contributed by atoms with E-state index in [0.29, 0.717) is 23.4 Å². The fraction of sp³-hybridized carbons (Fsp3) is 0.333. The summed E-state index contributed by atoms with van der Waals surface area (Å²) in [6, 6.07) is 28.4. The SMILES string of the molecule is CC1c2cccc(P(c3ccccc3)c3ccccc3)c2[PH](=O)[C@@H]2C[C@H](C)CC[C@@H]12. The summed E-state index contributed by atoms with van der Waals surface area (Å²) in [5.74, 6) is 1.80. The van der Waals surface area contributed by atoms with Crippen LogP contribution in [0.4, 0.5) is 0 Å². The van der Waals surface area contributed by atoms with Gasteiger partial charge in [0, 0.05) is 11.0 Å². The van der Waals surface area contributed by atoms with E-state index < -0.39 is 15.7 Å². The van der Waals surface area contributed by atoms with Gasteiger partial charge in [0.15, 0.2) is 0 Å². The van der Waals surface area contributed by atoms with Crippen LogP contribution in [0.3, 0.4) is 0 Å². The van der Waals surface area contributed by atoms with Crippen LogP contribution < -0.4 is 21.2 Å². The van der Waals surface area contributed by atoms with Gasteiger partial charge in [-0.2, -0.15) is 0 Å². The fourth-order valence-electron chi connectivity index (χ4n) is 5.69. The van der Waals surface area contributed by atoms with E-state index in [2.05, 4.69) is 92.7 Å². The zero-order chi connectivity index (χ0) is 20.7. The summed E-state index contributed by atoms with van der Waals surface area (Å²) < 4.78 is 14.1. The van der Waals surface area contributed by atoms with Crippen molar-refractivity contribution in [1.82, 2.24) is 0 Å².